The van der Waals surface area contributed by atoms with Crippen molar-refractivity contribution < 1.29 is 42.9 Å². The Bertz CT molecular complexity index is 2150. The number of esters is 1. The van der Waals surface area contributed by atoms with Crippen LogP contribution in [0.3, 0.4) is 0 Å². The van der Waals surface area contributed by atoms with Crippen LogP contribution in [-0.4, -0.2) is 54.6 Å². The van der Waals surface area contributed by atoms with E-state index in [1.54, 1.807) is 24.3 Å². The van der Waals surface area contributed by atoms with Gasteiger partial charge in [0.2, 0.25) is 0 Å². The number of thioether (sulfide) groups is 1. The van der Waals surface area contributed by atoms with E-state index in [9.17, 15) is 44.5 Å². The molecular weight excluding hydrogens is 733 g/mol. The number of aliphatic imine (C=N–C) groups is 1. The minimum atomic E-state index is -4.36. The molecule has 4 aromatic carbocycles. The number of nitrogens with zero attached hydrogens (tertiary/aromatic N) is 5. The normalized spacial score (nSPS) is 16.7. The maximum absolute atomic E-state index is 14.9. The fourth-order valence-electron chi connectivity index (χ4n) is 5.36. The predicted molar refractivity (Wildman–Crippen MR) is 191 cm³/mol. The van der Waals surface area contributed by atoms with E-state index in [-0.39, 0.29) is 46.6 Å². The molecule has 0 spiro atoms. The number of amides is 1. The van der Waals surface area contributed by atoms with Crippen LogP contribution in [0.4, 0.5) is 17.1 Å². The second kappa shape index (κ2) is 15.1. The summed E-state index contributed by atoms with van der Waals surface area (Å²) in [7, 11) is -4.36. The third-order valence-electron chi connectivity index (χ3n) is 8.01. The fraction of sp³-hybridized carbons (Fsp3) is 0.147. The molecule has 0 saturated carbocycles. The first-order valence-electron chi connectivity index (χ1n) is 15.5. The lowest BCUT2D eigenvalue weighted by Crippen LogP contribution is -2.61. The van der Waals surface area contributed by atoms with Gasteiger partial charge in [0.15, 0.2) is 11.7 Å². The van der Waals surface area contributed by atoms with Crippen LogP contribution < -0.4 is 15.3 Å². The van der Waals surface area contributed by atoms with Gasteiger partial charge in [-0.1, -0.05) is 30.0 Å². The molecule has 1 amide bonds. The van der Waals surface area contributed by atoms with E-state index < -0.39 is 51.1 Å². The molecule has 0 N–H and O–H groups in total. The predicted octanol–water partition coefficient (Wildman–Crippen LogP) is 5.39. The quantitative estimate of drug-likeness (QED) is 0.0299. The Balaban J connectivity index is 1.35. The molecule has 53 heavy (non-hydrogen) atoms. The molecule has 4 aromatic rings. The second-order valence-electron chi connectivity index (χ2n) is 11.4. The molecule has 2 atom stereocenters. The van der Waals surface area contributed by atoms with Crippen LogP contribution in [0.15, 0.2) is 120 Å². The minimum Gasteiger partial charge on any atom is -0.487 e. The summed E-state index contributed by atoms with van der Waals surface area (Å²) in [4.78, 5) is 65.0. The number of benzene rings is 4. The van der Waals surface area contributed by atoms with Gasteiger partial charge in [0.05, 0.1) is 25.4 Å². The number of fused-ring (bicyclic) bond motifs is 1. The summed E-state index contributed by atoms with van der Waals surface area (Å²) in [5.74, 6) is -1.42. The van der Waals surface area contributed by atoms with E-state index in [1.807, 2.05) is 6.07 Å². The number of para-hydroxylation sites is 1. The van der Waals surface area contributed by atoms with Crippen LogP contribution in [0.5, 0.6) is 5.75 Å². The third kappa shape index (κ3) is 7.63. The van der Waals surface area contributed by atoms with Crippen molar-refractivity contribution in [2.45, 2.75) is 24.9 Å². The maximum Gasteiger partial charge on any atom is 0.358 e. The first kappa shape index (κ1) is 36.4. The maximum atomic E-state index is 14.9. The lowest BCUT2D eigenvalue weighted by atomic mass is 10.1. The summed E-state index contributed by atoms with van der Waals surface area (Å²) < 4.78 is 32.4. The molecule has 0 bridgehead atoms. The number of non-ortho nitro benzene ring substituents is 3. The number of hydrogen-bond donors (Lipinski definition) is 0. The lowest BCUT2D eigenvalue weighted by Gasteiger charge is -2.41. The van der Waals surface area contributed by atoms with Gasteiger partial charge in [-0.15, -0.1) is 0 Å². The van der Waals surface area contributed by atoms with E-state index >= 15 is 0 Å². The Morgan fingerprint density at radius 3 is 1.81 bits per heavy atom. The number of nitro groups is 3. The highest BCUT2D eigenvalue weighted by Gasteiger charge is 2.56. The molecule has 0 radical (unpaired) electrons. The zero-order valence-corrected chi connectivity index (χ0v) is 29.1. The van der Waals surface area contributed by atoms with Crippen molar-refractivity contribution in [3.63, 3.8) is 0 Å². The Morgan fingerprint density at radius 1 is 0.792 bits per heavy atom. The average molecular weight is 760 g/mol. The number of allylic oxidation sites excluding steroid dienone is 1. The first-order valence-corrected chi connectivity index (χ1v) is 18.0. The molecule has 2 heterocycles. The molecule has 1 fully saturated rings. The van der Waals surface area contributed by atoms with Gasteiger partial charge in [0.1, 0.15) is 35.1 Å². The Morgan fingerprint density at radius 2 is 1.30 bits per heavy atom. The fourth-order valence-corrected chi connectivity index (χ4v) is 8.62. The van der Waals surface area contributed by atoms with Crippen molar-refractivity contribution in [2.75, 3.05) is 6.61 Å². The monoisotopic (exact) mass is 759 g/mol. The number of carbonyl (C=O) groups is 2. The van der Waals surface area contributed by atoms with Crippen LogP contribution in [-0.2, 0) is 30.0 Å². The van der Waals surface area contributed by atoms with Gasteiger partial charge in [-0.05, 0) is 61.0 Å². The Kier molecular flexibility index (Phi) is 10.4. The van der Waals surface area contributed by atoms with Gasteiger partial charge in [-0.25, -0.2) is 4.79 Å². The van der Waals surface area contributed by atoms with Gasteiger partial charge in [-0.3, -0.25) is 49.6 Å². The number of hydrogen-bond acceptors (Lipinski definition) is 14. The van der Waals surface area contributed by atoms with Gasteiger partial charge in [0.25, 0.3) is 23.0 Å². The molecule has 270 valence electrons. The molecule has 0 aromatic heterocycles. The van der Waals surface area contributed by atoms with Crippen LogP contribution in [0, 0.1) is 30.3 Å². The second-order valence-corrected chi connectivity index (χ2v) is 14.9. The van der Waals surface area contributed by atoms with Crippen molar-refractivity contribution in [1.29, 1.82) is 0 Å². The van der Waals surface area contributed by atoms with Crippen LogP contribution in [0.2, 0.25) is 0 Å². The first-order chi connectivity index (χ1) is 25.4. The van der Waals surface area contributed by atoms with E-state index in [0.29, 0.717) is 16.4 Å². The van der Waals surface area contributed by atoms with Gasteiger partial charge < -0.3 is 14.0 Å². The van der Waals surface area contributed by atoms with Crippen LogP contribution in [0.1, 0.15) is 12.5 Å². The summed E-state index contributed by atoms with van der Waals surface area (Å²) in [6.45, 7) is 0.954. The number of carbonyl (C=O) groups excluding carboxylic acids is 2. The average Bonchev–Trinajstić information content (AvgIpc) is 3.54. The highest BCUT2D eigenvalue weighted by molar-refractivity contribution is 8.15. The molecule has 19 heteroatoms. The Labute approximate surface area is 303 Å². The summed E-state index contributed by atoms with van der Waals surface area (Å²) in [6, 6.07) is 22.5. The minimum absolute atomic E-state index is 0.0391. The summed E-state index contributed by atoms with van der Waals surface area (Å²) in [5, 5.41) is 33.4. The number of ether oxygens (including phenoxy) is 2. The van der Waals surface area contributed by atoms with Gasteiger partial charge in [-0.2, -0.15) is 0 Å². The molecule has 2 aliphatic rings. The molecule has 1 saturated heterocycles. The standard InChI is InChI=1S/C34H26N5O12PS/c1-21(51-52(48,27-15-11-24(12-16-27)38(44)45)28-17-13-25(14-18-28)39(46)47)31(34(41)50-19-22-7-9-23(10-8-22)37(42)43)36-32(40)30-33(36)53-29(35-30)20-49-26-5-3-2-4-6-26/h2-18,30,33H,19-20H2,1H3. The van der Waals surface area contributed by atoms with E-state index in [1.165, 1.54) is 55.5 Å². The van der Waals surface area contributed by atoms with Crippen molar-refractivity contribution in [2.24, 2.45) is 4.99 Å². The molecule has 6 rings (SSSR count). The third-order valence-corrected chi connectivity index (χ3v) is 11.7. The van der Waals surface area contributed by atoms with Crippen molar-refractivity contribution in [3.05, 3.63) is 150 Å². The summed E-state index contributed by atoms with van der Waals surface area (Å²) in [6.07, 6.45) is 0. The lowest BCUT2D eigenvalue weighted by molar-refractivity contribution is -0.385. The summed E-state index contributed by atoms with van der Waals surface area (Å²) in [5.41, 5.74) is -0.838. The van der Waals surface area contributed by atoms with Crippen molar-refractivity contribution >= 4 is 63.7 Å². The van der Waals surface area contributed by atoms with E-state index in [4.69, 9.17) is 14.0 Å². The van der Waals surface area contributed by atoms with Crippen molar-refractivity contribution in [3.8, 4) is 5.75 Å². The molecular formula is C34H26N5O12PS. The van der Waals surface area contributed by atoms with E-state index in [2.05, 4.69) is 4.99 Å². The zero-order valence-electron chi connectivity index (χ0n) is 27.4. The molecule has 2 aliphatic heterocycles. The largest absolute Gasteiger partial charge is 0.487 e. The highest BCUT2D eigenvalue weighted by atomic mass is 32.2. The highest BCUT2D eigenvalue weighted by Crippen LogP contribution is 2.49. The number of nitro benzene ring substituents is 3. The number of rotatable bonds is 14. The topological polar surface area (TPSA) is 224 Å². The van der Waals surface area contributed by atoms with Gasteiger partial charge >= 0.3 is 13.3 Å². The Hall–Kier alpha value is -6.39. The SMILES string of the molecule is CC(OP(=O)(c1ccc([N+](=O)[O-])cc1)c1ccc([N+](=O)[O-])cc1)=C(C(=O)OCc1ccc([N+](=O)[O-])cc1)N1C(=O)C2N=C(COc3ccccc3)SC21. The number of likely N-dealkylation sites (tertiary alicyclic amines) is 1. The van der Waals surface area contributed by atoms with Crippen LogP contribution >= 0.6 is 19.1 Å². The zero-order chi connectivity index (χ0) is 37.9. The van der Waals surface area contributed by atoms with Gasteiger partial charge in [0, 0.05) is 36.4 Å². The van der Waals surface area contributed by atoms with Crippen molar-refractivity contribution in [1.82, 2.24) is 4.90 Å². The summed E-state index contributed by atoms with van der Waals surface area (Å²) >= 11 is 1.16. The molecule has 17 nitrogen and oxygen atoms in total. The molecule has 2 unspecified atom stereocenters. The smallest absolute Gasteiger partial charge is 0.358 e. The molecule has 0 aliphatic carbocycles. The van der Waals surface area contributed by atoms with Crippen LogP contribution in [0.25, 0.3) is 0 Å². The number of β-lactam (4-membered cyclic amide) rings is 1. The van der Waals surface area contributed by atoms with E-state index in [0.717, 1.165) is 40.9 Å².